The Balaban J connectivity index is 1.80. The molecule has 0 fully saturated rings. The van der Waals surface area contributed by atoms with E-state index in [1.54, 1.807) is 56.1 Å². The van der Waals surface area contributed by atoms with Crippen LogP contribution < -0.4 is 10.8 Å². The van der Waals surface area contributed by atoms with E-state index in [4.69, 9.17) is 9.57 Å². The number of hydrogen-bond donors (Lipinski definition) is 3. The molecule has 0 saturated heterocycles. The van der Waals surface area contributed by atoms with E-state index in [0.29, 0.717) is 11.1 Å². The largest absolute Gasteiger partial charge is 0.366 e. The topological polar surface area (TPSA) is 97.6 Å². The van der Waals surface area contributed by atoms with Gasteiger partial charge in [0.15, 0.2) is 5.79 Å². The molecular formula is C22H26FIN4O4. The maximum atomic E-state index is 14.5. The van der Waals surface area contributed by atoms with Crippen molar-refractivity contribution in [2.45, 2.75) is 26.6 Å². The smallest absolute Gasteiger partial charge is 0.293 e. The number of halogens is 2. The first-order valence-corrected chi connectivity index (χ1v) is 11.1. The lowest BCUT2D eigenvalue weighted by atomic mass is 10.2. The van der Waals surface area contributed by atoms with Crippen LogP contribution in [0.15, 0.2) is 36.7 Å². The van der Waals surface area contributed by atoms with Crippen LogP contribution in [0.3, 0.4) is 0 Å². The van der Waals surface area contributed by atoms with Crippen LogP contribution in [0.25, 0.3) is 10.9 Å². The number of nitrogens with one attached hydrogen (secondary N) is 2. The minimum Gasteiger partial charge on any atom is -0.366 e. The zero-order valence-electron chi connectivity index (χ0n) is 18.3. The quantitative estimate of drug-likeness (QED) is 0.209. The van der Waals surface area contributed by atoms with Crippen molar-refractivity contribution in [1.29, 1.82) is 0 Å². The summed E-state index contributed by atoms with van der Waals surface area (Å²) in [5.74, 6) is -2.23. The second-order valence-electron chi connectivity index (χ2n) is 8.03. The Hall–Kier alpha value is -2.28. The number of aromatic nitrogens is 2. The van der Waals surface area contributed by atoms with Crippen LogP contribution >= 0.6 is 22.6 Å². The number of anilines is 2. The Morgan fingerprint density at radius 3 is 2.78 bits per heavy atom. The van der Waals surface area contributed by atoms with E-state index in [0.717, 1.165) is 9.09 Å². The van der Waals surface area contributed by atoms with E-state index < -0.39 is 17.5 Å². The first-order chi connectivity index (χ1) is 15.1. The molecule has 0 aliphatic heterocycles. The molecule has 32 heavy (non-hydrogen) atoms. The summed E-state index contributed by atoms with van der Waals surface area (Å²) >= 11 is 2.03. The predicted molar refractivity (Wildman–Crippen MR) is 128 cm³/mol. The van der Waals surface area contributed by atoms with Crippen molar-refractivity contribution < 1.29 is 23.9 Å². The van der Waals surface area contributed by atoms with Crippen LogP contribution in [0.5, 0.6) is 0 Å². The molecule has 3 N–H and O–H groups in total. The fourth-order valence-electron chi connectivity index (χ4n) is 3.10. The van der Waals surface area contributed by atoms with Gasteiger partial charge >= 0.3 is 0 Å². The van der Waals surface area contributed by atoms with E-state index in [9.17, 15) is 14.3 Å². The third-order valence-electron chi connectivity index (χ3n) is 4.66. The summed E-state index contributed by atoms with van der Waals surface area (Å²) < 4.78 is 22.2. The zero-order chi connectivity index (χ0) is 23.5. The third-order valence-corrected chi connectivity index (χ3v) is 5.33. The number of hydrogen-bond acceptors (Lipinski definition) is 6. The van der Waals surface area contributed by atoms with Crippen LogP contribution in [0.1, 0.15) is 31.3 Å². The number of rotatable bonds is 9. The third kappa shape index (κ3) is 5.94. The number of hydroxylamine groups is 1. The van der Waals surface area contributed by atoms with Gasteiger partial charge in [-0.25, -0.2) is 9.87 Å². The van der Waals surface area contributed by atoms with E-state index in [1.807, 2.05) is 29.5 Å². The van der Waals surface area contributed by atoms with Gasteiger partial charge in [0.05, 0.1) is 30.1 Å². The first kappa shape index (κ1) is 24.4. The number of fused-ring (bicyclic) bond motifs is 1. The van der Waals surface area contributed by atoms with Crippen molar-refractivity contribution in [3.8, 4) is 0 Å². The van der Waals surface area contributed by atoms with Crippen molar-refractivity contribution in [2.75, 3.05) is 18.5 Å². The molecule has 0 bridgehead atoms. The molecule has 1 aromatic carbocycles. The lowest BCUT2D eigenvalue weighted by Gasteiger charge is -2.21. The van der Waals surface area contributed by atoms with Gasteiger partial charge in [0.2, 0.25) is 0 Å². The zero-order valence-corrected chi connectivity index (χ0v) is 20.4. The Labute approximate surface area is 199 Å². The highest BCUT2D eigenvalue weighted by Gasteiger charge is 2.23. The van der Waals surface area contributed by atoms with E-state index in [1.165, 1.54) is 6.07 Å². The molecular weight excluding hydrogens is 530 g/mol. The lowest BCUT2D eigenvalue weighted by molar-refractivity contribution is -0.186. The molecule has 2 heterocycles. The van der Waals surface area contributed by atoms with Crippen molar-refractivity contribution in [3.63, 3.8) is 0 Å². The highest BCUT2D eigenvalue weighted by molar-refractivity contribution is 14.1. The number of carbonyl (C=O) groups excluding carboxylic acids is 1. The molecule has 1 amide bonds. The maximum Gasteiger partial charge on any atom is 0.293 e. The summed E-state index contributed by atoms with van der Waals surface area (Å²) in [6.07, 6.45) is 3.25. The van der Waals surface area contributed by atoms with Gasteiger partial charge in [-0.3, -0.25) is 14.6 Å². The predicted octanol–water partition coefficient (Wildman–Crippen LogP) is 4.10. The van der Waals surface area contributed by atoms with Crippen LogP contribution in [0, 0.1) is 15.3 Å². The second kappa shape index (κ2) is 10.1. The Kier molecular flexibility index (Phi) is 7.70. The van der Waals surface area contributed by atoms with E-state index in [-0.39, 0.29) is 30.5 Å². The Morgan fingerprint density at radius 2 is 2.09 bits per heavy atom. The van der Waals surface area contributed by atoms with Gasteiger partial charge in [-0.2, -0.15) is 0 Å². The summed E-state index contributed by atoms with van der Waals surface area (Å²) in [5.41, 5.74) is 4.14. The standard InChI is InChI=1S/C22H26FIN4O4/c1-13(11-31-22(2,3)30)12-32-27-21(29)20-19(15-10-25-8-7-18(15)28(20)4)26-17-6-5-14(24)9-16(17)23/h5-10,13,26,30H,11-12H2,1-4H3,(H,27,29)/t13-/m1/s1. The van der Waals surface area contributed by atoms with Gasteiger partial charge in [0, 0.05) is 34.3 Å². The maximum absolute atomic E-state index is 14.5. The number of benzene rings is 1. The van der Waals surface area contributed by atoms with Gasteiger partial charge < -0.3 is 19.7 Å². The molecule has 8 nitrogen and oxygen atoms in total. The summed E-state index contributed by atoms with van der Waals surface area (Å²) in [4.78, 5) is 22.5. The Morgan fingerprint density at radius 1 is 1.34 bits per heavy atom. The van der Waals surface area contributed by atoms with Gasteiger partial charge in [-0.1, -0.05) is 6.92 Å². The van der Waals surface area contributed by atoms with E-state index in [2.05, 4.69) is 15.8 Å². The molecule has 3 rings (SSSR count). The fraction of sp³-hybridized carbons (Fsp3) is 0.364. The summed E-state index contributed by atoms with van der Waals surface area (Å²) in [6.45, 7) is 5.40. The minimum atomic E-state index is -1.24. The van der Waals surface area contributed by atoms with Crippen molar-refractivity contribution in [1.82, 2.24) is 15.0 Å². The number of ether oxygens (including phenoxy) is 1. The number of amides is 1. The molecule has 3 aromatic rings. The van der Waals surface area contributed by atoms with Crippen molar-refractivity contribution in [2.24, 2.45) is 13.0 Å². The van der Waals surface area contributed by atoms with Crippen molar-refractivity contribution in [3.05, 3.63) is 51.7 Å². The van der Waals surface area contributed by atoms with Gasteiger partial charge in [0.1, 0.15) is 11.5 Å². The Bertz CT molecular complexity index is 1110. The average Bonchev–Trinajstić information content (AvgIpc) is 3.00. The molecule has 0 unspecified atom stereocenters. The minimum absolute atomic E-state index is 0.0723. The van der Waals surface area contributed by atoms with Crippen LogP contribution in [0.2, 0.25) is 0 Å². The highest BCUT2D eigenvalue weighted by Crippen LogP contribution is 2.33. The normalized spacial score (nSPS) is 12.7. The molecule has 0 aliphatic carbocycles. The summed E-state index contributed by atoms with van der Waals surface area (Å²) in [5, 5.41) is 13.4. The summed E-state index contributed by atoms with van der Waals surface area (Å²) in [7, 11) is 1.74. The molecule has 1 atom stereocenters. The number of pyridine rings is 1. The van der Waals surface area contributed by atoms with Crippen LogP contribution in [-0.4, -0.2) is 39.6 Å². The number of aliphatic hydroxyl groups is 1. The molecule has 2 aromatic heterocycles. The average molecular weight is 556 g/mol. The van der Waals surface area contributed by atoms with Crippen LogP contribution in [-0.2, 0) is 16.6 Å². The first-order valence-electron chi connectivity index (χ1n) is 9.99. The highest BCUT2D eigenvalue weighted by atomic mass is 127. The lowest BCUT2D eigenvalue weighted by Crippen LogP contribution is -2.31. The molecule has 10 heteroatoms. The van der Waals surface area contributed by atoms with Crippen molar-refractivity contribution >= 4 is 50.8 Å². The monoisotopic (exact) mass is 556 g/mol. The SMILES string of the molecule is C[C@@H](CONC(=O)c1c(Nc2ccc(I)cc2F)c2cnccc2n1C)COC(C)(C)O. The molecule has 172 valence electrons. The van der Waals surface area contributed by atoms with Gasteiger partial charge in [-0.05, 0) is 60.7 Å². The summed E-state index contributed by atoms with van der Waals surface area (Å²) in [6, 6.07) is 6.58. The second-order valence-corrected chi connectivity index (χ2v) is 9.28. The van der Waals surface area contributed by atoms with Gasteiger partial charge in [0.25, 0.3) is 5.91 Å². The molecule has 0 saturated carbocycles. The molecule has 0 radical (unpaired) electrons. The number of aryl methyl sites for hydroxylation is 1. The fourth-order valence-corrected chi connectivity index (χ4v) is 3.55. The molecule has 0 aliphatic rings. The van der Waals surface area contributed by atoms with Gasteiger partial charge in [-0.15, -0.1) is 0 Å². The molecule has 0 spiro atoms. The number of nitrogens with zero attached hydrogens (tertiary/aromatic N) is 2. The van der Waals surface area contributed by atoms with Crippen LogP contribution in [0.4, 0.5) is 15.8 Å². The van der Waals surface area contributed by atoms with E-state index >= 15 is 0 Å². The number of carbonyl (C=O) groups is 1.